The number of rotatable bonds is 4. The number of anilines is 1. The fourth-order valence-electron chi connectivity index (χ4n) is 1.77. The number of amides is 2. The Kier molecular flexibility index (Phi) is 5.36. The summed E-state index contributed by atoms with van der Waals surface area (Å²) in [6.45, 7) is 7.01. The van der Waals surface area contributed by atoms with Crippen LogP contribution in [0.4, 0.5) is 5.69 Å². The number of hydrogen-bond donors (Lipinski definition) is 1. The molecule has 1 N–H and O–H groups in total. The summed E-state index contributed by atoms with van der Waals surface area (Å²) in [5.41, 5.74) is 1.45. The van der Waals surface area contributed by atoms with Crippen LogP contribution >= 0.6 is 11.6 Å². The van der Waals surface area contributed by atoms with Crippen molar-refractivity contribution in [3.05, 3.63) is 28.8 Å². The highest BCUT2D eigenvalue weighted by Crippen LogP contribution is 2.26. The second-order valence-corrected chi connectivity index (χ2v) is 5.12. The molecule has 4 nitrogen and oxygen atoms in total. The number of nitrogens with one attached hydrogen (secondary N) is 1. The van der Waals surface area contributed by atoms with E-state index in [1.165, 1.54) is 11.8 Å². The molecule has 0 aliphatic rings. The van der Waals surface area contributed by atoms with E-state index in [1.54, 1.807) is 18.2 Å². The van der Waals surface area contributed by atoms with E-state index >= 15 is 0 Å². The maximum atomic E-state index is 11.8. The van der Waals surface area contributed by atoms with Crippen LogP contribution in [-0.4, -0.2) is 24.4 Å². The first kappa shape index (κ1) is 15.5. The van der Waals surface area contributed by atoms with Crippen LogP contribution in [0.3, 0.4) is 0 Å². The van der Waals surface area contributed by atoms with Crippen molar-refractivity contribution in [1.29, 1.82) is 0 Å². The average Bonchev–Trinajstić information content (AvgIpc) is 2.29. The fraction of sp³-hybridized carbons (Fsp3) is 0.429. The molecule has 19 heavy (non-hydrogen) atoms. The number of benzene rings is 1. The summed E-state index contributed by atoms with van der Waals surface area (Å²) in [6, 6.07) is 5.35. The summed E-state index contributed by atoms with van der Waals surface area (Å²) >= 11 is 6.04. The van der Waals surface area contributed by atoms with Crippen LogP contribution in [0.25, 0.3) is 0 Å². The molecule has 2 amide bonds. The lowest BCUT2D eigenvalue weighted by atomic mass is 10.1. The minimum Gasteiger partial charge on any atom is -0.352 e. The quantitative estimate of drug-likeness (QED) is 0.922. The molecular weight excluding hydrogens is 264 g/mol. The molecule has 0 atom stereocenters. The van der Waals surface area contributed by atoms with Gasteiger partial charge in [-0.15, -0.1) is 0 Å². The summed E-state index contributed by atoms with van der Waals surface area (Å²) in [5, 5.41) is 3.34. The van der Waals surface area contributed by atoms with Crippen LogP contribution < -0.4 is 10.2 Å². The molecule has 0 bridgehead atoms. The fourth-order valence-corrected chi connectivity index (χ4v) is 1.94. The summed E-state index contributed by atoms with van der Waals surface area (Å²) in [6.07, 6.45) is 0. The van der Waals surface area contributed by atoms with Crippen LogP contribution in [-0.2, 0) is 9.59 Å². The smallest absolute Gasteiger partial charge is 0.240 e. The van der Waals surface area contributed by atoms with Gasteiger partial charge < -0.3 is 10.2 Å². The normalized spacial score (nSPS) is 10.4. The minimum absolute atomic E-state index is 0.00526. The standard InChI is InChI=1S/C14H19ClN2O2/c1-9(2)16-14(19)8-17(11(4)18)13-7-5-6-12(15)10(13)3/h5-7,9H,8H2,1-4H3,(H,16,19). The number of carbonyl (C=O) groups is 2. The molecule has 0 unspecified atom stereocenters. The zero-order valence-corrected chi connectivity index (χ0v) is 12.4. The van der Waals surface area contributed by atoms with Gasteiger partial charge in [-0.25, -0.2) is 0 Å². The number of halogens is 1. The highest BCUT2D eigenvalue weighted by Gasteiger charge is 2.18. The number of hydrogen-bond acceptors (Lipinski definition) is 2. The number of carbonyl (C=O) groups excluding carboxylic acids is 2. The molecule has 0 spiro atoms. The zero-order valence-electron chi connectivity index (χ0n) is 11.7. The van der Waals surface area contributed by atoms with Gasteiger partial charge in [0.2, 0.25) is 11.8 Å². The van der Waals surface area contributed by atoms with Gasteiger partial charge in [0.1, 0.15) is 6.54 Å². The summed E-state index contributed by atoms with van der Waals surface area (Å²) in [7, 11) is 0. The lowest BCUT2D eigenvalue weighted by molar-refractivity contribution is -0.123. The van der Waals surface area contributed by atoms with Crippen molar-refractivity contribution in [3.63, 3.8) is 0 Å². The van der Waals surface area contributed by atoms with Gasteiger partial charge in [-0.2, -0.15) is 0 Å². The summed E-state index contributed by atoms with van der Waals surface area (Å²) in [5.74, 6) is -0.381. The minimum atomic E-state index is -0.190. The van der Waals surface area contributed by atoms with Gasteiger partial charge in [0.05, 0.1) is 0 Å². The third-order valence-electron chi connectivity index (χ3n) is 2.66. The Bertz CT molecular complexity index is 486. The zero-order chi connectivity index (χ0) is 14.6. The highest BCUT2D eigenvalue weighted by atomic mass is 35.5. The van der Waals surface area contributed by atoms with E-state index in [9.17, 15) is 9.59 Å². The third-order valence-corrected chi connectivity index (χ3v) is 3.07. The van der Waals surface area contributed by atoms with Gasteiger partial charge in [0.15, 0.2) is 0 Å². The van der Waals surface area contributed by atoms with Crippen LogP contribution in [0.2, 0.25) is 5.02 Å². The third kappa shape index (κ3) is 4.24. The average molecular weight is 283 g/mol. The van der Waals surface area contributed by atoms with Crippen molar-refractivity contribution in [2.75, 3.05) is 11.4 Å². The first-order chi connectivity index (χ1) is 8.82. The Morgan fingerprint density at radius 2 is 2.00 bits per heavy atom. The maximum absolute atomic E-state index is 11.8. The Labute approximate surface area is 118 Å². The van der Waals surface area contributed by atoms with E-state index in [4.69, 9.17) is 11.6 Å². The maximum Gasteiger partial charge on any atom is 0.240 e. The van der Waals surface area contributed by atoms with Gasteiger partial charge in [-0.3, -0.25) is 9.59 Å². The molecule has 5 heteroatoms. The van der Waals surface area contributed by atoms with Crippen LogP contribution in [0.15, 0.2) is 18.2 Å². The first-order valence-electron chi connectivity index (χ1n) is 6.15. The van der Waals surface area contributed by atoms with Crippen LogP contribution in [0, 0.1) is 6.92 Å². The van der Waals surface area contributed by atoms with E-state index in [-0.39, 0.29) is 24.4 Å². The van der Waals surface area contributed by atoms with Crippen molar-refractivity contribution in [1.82, 2.24) is 5.32 Å². The molecule has 0 heterocycles. The highest BCUT2D eigenvalue weighted by molar-refractivity contribution is 6.31. The van der Waals surface area contributed by atoms with Crippen LogP contribution in [0.5, 0.6) is 0 Å². The molecule has 0 radical (unpaired) electrons. The Morgan fingerprint density at radius 1 is 1.37 bits per heavy atom. The van der Waals surface area contributed by atoms with Crippen molar-refractivity contribution < 1.29 is 9.59 Å². The van der Waals surface area contributed by atoms with Gasteiger partial charge in [-0.05, 0) is 38.5 Å². The Morgan fingerprint density at radius 3 is 2.53 bits per heavy atom. The molecule has 0 fully saturated rings. The lowest BCUT2D eigenvalue weighted by Gasteiger charge is -2.23. The molecule has 0 saturated heterocycles. The topological polar surface area (TPSA) is 49.4 Å². The number of nitrogens with zero attached hydrogens (tertiary/aromatic N) is 1. The molecule has 104 valence electrons. The van der Waals surface area contributed by atoms with E-state index in [0.29, 0.717) is 10.7 Å². The van der Waals surface area contributed by atoms with Crippen LogP contribution in [0.1, 0.15) is 26.3 Å². The molecule has 1 aromatic carbocycles. The molecule has 0 aromatic heterocycles. The largest absolute Gasteiger partial charge is 0.352 e. The van der Waals surface area contributed by atoms with E-state index < -0.39 is 0 Å². The van der Waals surface area contributed by atoms with Crippen molar-refractivity contribution in [3.8, 4) is 0 Å². The van der Waals surface area contributed by atoms with Crippen molar-refractivity contribution in [2.45, 2.75) is 33.7 Å². The molecule has 0 saturated carbocycles. The van der Waals surface area contributed by atoms with Crippen molar-refractivity contribution in [2.24, 2.45) is 0 Å². The molecule has 0 aliphatic carbocycles. The predicted octanol–water partition coefficient (Wildman–Crippen LogP) is 2.53. The second kappa shape index (κ2) is 6.57. The summed E-state index contributed by atoms with van der Waals surface area (Å²) < 4.78 is 0. The molecule has 0 aliphatic heterocycles. The van der Waals surface area contributed by atoms with E-state index in [1.807, 2.05) is 20.8 Å². The van der Waals surface area contributed by atoms with Gasteiger partial charge in [0, 0.05) is 23.7 Å². The second-order valence-electron chi connectivity index (χ2n) is 4.71. The Hall–Kier alpha value is -1.55. The summed E-state index contributed by atoms with van der Waals surface area (Å²) in [4.78, 5) is 25.0. The lowest BCUT2D eigenvalue weighted by Crippen LogP contribution is -2.42. The van der Waals surface area contributed by atoms with Gasteiger partial charge in [-0.1, -0.05) is 17.7 Å². The predicted molar refractivity (Wildman–Crippen MR) is 77.5 cm³/mol. The van der Waals surface area contributed by atoms with Gasteiger partial charge in [0.25, 0.3) is 0 Å². The van der Waals surface area contributed by atoms with E-state index in [2.05, 4.69) is 5.32 Å². The Balaban J connectivity index is 2.98. The first-order valence-corrected chi connectivity index (χ1v) is 6.53. The SMILES string of the molecule is CC(=O)N(CC(=O)NC(C)C)c1cccc(Cl)c1C. The van der Waals surface area contributed by atoms with Gasteiger partial charge >= 0.3 is 0 Å². The van der Waals surface area contributed by atoms with E-state index in [0.717, 1.165) is 5.56 Å². The molecule has 1 rings (SSSR count). The monoisotopic (exact) mass is 282 g/mol. The molecular formula is C14H19ClN2O2. The van der Waals surface area contributed by atoms with Crippen molar-refractivity contribution >= 4 is 29.1 Å². The molecule has 1 aromatic rings.